The molecule has 4 nitrogen and oxygen atoms in total. The van der Waals surface area contributed by atoms with E-state index < -0.39 is 0 Å². The molecule has 0 radical (unpaired) electrons. The molecule has 1 fully saturated rings. The highest BCUT2D eigenvalue weighted by molar-refractivity contribution is 5.79. The van der Waals surface area contributed by atoms with Gasteiger partial charge in [-0.1, -0.05) is 0 Å². The summed E-state index contributed by atoms with van der Waals surface area (Å²) in [5.41, 5.74) is 3.76. The molecule has 2 heterocycles. The molecule has 0 bridgehead atoms. The Morgan fingerprint density at radius 2 is 1.74 bits per heavy atom. The van der Waals surface area contributed by atoms with Crippen LogP contribution in [0, 0.1) is 5.82 Å². The first-order chi connectivity index (χ1) is 11.2. The van der Waals surface area contributed by atoms with Crippen molar-refractivity contribution in [1.29, 1.82) is 0 Å². The highest BCUT2D eigenvalue weighted by Gasteiger charge is 2.14. The fraction of sp³-hybridized carbons (Fsp3) is 0.278. The minimum Gasteiger partial charge on any atom is -0.369 e. The van der Waals surface area contributed by atoms with Crippen molar-refractivity contribution in [2.75, 3.05) is 38.1 Å². The number of anilines is 1. The number of rotatable bonds is 2. The summed E-state index contributed by atoms with van der Waals surface area (Å²) in [6.45, 7) is 4.30. The number of nitrogens with one attached hydrogen (secondary N) is 1. The number of H-pyrrole nitrogens is 1. The maximum absolute atomic E-state index is 13.3. The molecule has 1 aliphatic rings. The zero-order valence-corrected chi connectivity index (χ0v) is 13.1. The number of imidazole rings is 1. The van der Waals surface area contributed by atoms with Crippen LogP contribution in [0.4, 0.5) is 10.1 Å². The molecule has 1 N–H and O–H groups in total. The van der Waals surface area contributed by atoms with Crippen LogP contribution in [0.15, 0.2) is 42.5 Å². The summed E-state index contributed by atoms with van der Waals surface area (Å²) in [5, 5.41) is 0. The smallest absolute Gasteiger partial charge is 0.138 e. The highest BCUT2D eigenvalue weighted by Crippen LogP contribution is 2.24. The molecule has 2 aromatic carbocycles. The Morgan fingerprint density at radius 1 is 1.00 bits per heavy atom. The van der Waals surface area contributed by atoms with Gasteiger partial charge < -0.3 is 14.8 Å². The molecule has 4 rings (SSSR count). The van der Waals surface area contributed by atoms with E-state index in [1.807, 2.05) is 0 Å². The summed E-state index contributed by atoms with van der Waals surface area (Å²) >= 11 is 0. The van der Waals surface area contributed by atoms with Crippen LogP contribution in [-0.4, -0.2) is 48.1 Å². The number of piperazine rings is 1. The zero-order valence-electron chi connectivity index (χ0n) is 13.1. The van der Waals surface area contributed by atoms with Gasteiger partial charge in [0.1, 0.15) is 11.6 Å². The Bertz CT molecular complexity index is 817. The van der Waals surface area contributed by atoms with Crippen molar-refractivity contribution >= 4 is 16.7 Å². The predicted molar refractivity (Wildman–Crippen MR) is 91.2 cm³/mol. The maximum atomic E-state index is 13.3. The second kappa shape index (κ2) is 5.66. The van der Waals surface area contributed by atoms with E-state index in [0.29, 0.717) is 0 Å². The fourth-order valence-corrected chi connectivity index (χ4v) is 3.01. The van der Waals surface area contributed by atoms with Crippen LogP contribution in [0.25, 0.3) is 22.4 Å². The van der Waals surface area contributed by atoms with Gasteiger partial charge in [0.15, 0.2) is 0 Å². The summed E-state index contributed by atoms with van der Waals surface area (Å²) < 4.78 is 13.3. The number of hydrogen-bond donors (Lipinski definition) is 1. The van der Waals surface area contributed by atoms with Crippen LogP contribution in [0.1, 0.15) is 0 Å². The third kappa shape index (κ3) is 2.80. The van der Waals surface area contributed by atoms with Crippen molar-refractivity contribution in [2.24, 2.45) is 0 Å². The number of hydrogen-bond acceptors (Lipinski definition) is 3. The molecule has 3 aromatic rings. The molecule has 0 unspecified atom stereocenters. The number of nitrogens with zero attached hydrogens (tertiary/aromatic N) is 3. The standard InChI is InChI=1S/C18H19FN4/c1-22-8-10-23(11-9-22)15-5-2-13(3-6-15)18-20-16-7-4-14(19)12-17(16)21-18/h2-7,12H,8-11H2,1H3,(H,20,21). The fourth-order valence-electron chi connectivity index (χ4n) is 3.01. The largest absolute Gasteiger partial charge is 0.369 e. The molecule has 118 valence electrons. The van der Waals surface area contributed by atoms with E-state index in [4.69, 9.17) is 0 Å². The lowest BCUT2D eigenvalue weighted by atomic mass is 10.1. The molecule has 1 aromatic heterocycles. The van der Waals surface area contributed by atoms with Crippen LogP contribution in [0.2, 0.25) is 0 Å². The van der Waals surface area contributed by atoms with Crippen molar-refractivity contribution in [1.82, 2.24) is 14.9 Å². The number of aromatic amines is 1. The third-order valence-electron chi connectivity index (χ3n) is 4.45. The minimum absolute atomic E-state index is 0.252. The average Bonchev–Trinajstić information content (AvgIpc) is 2.99. The van der Waals surface area contributed by atoms with Crippen LogP contribution in [0.5, 0.6) is 0 Å². The Morgan fingerprint density at radius 3 is 2.48 bits per heavy atom. The molecule has 1 aliphatic heterocycles. The molecular weight excluding hydrogens is 291 g/mol. The van der Waals surface area contributed by atoms with Gasteiger partial charge in [-0.2, -0.15) is 0 Å². The summed E-state index contributed by atoms with van der Waals surface area (Å²) in [6.07, 6.45) is 0. The van der Waals surface area contributed by atoms with E-state index in [1.54, 1.807) is 6.07 Å². The van der Waals surface area contributed by atoms with Crippen LogP contribution >= 0.6 is 0 Å². The number of likely N-dealkylation sites (N-methyl/N-ethyl adjacent to an activating group) is 1. The van der Waals surface area contributed by atoms with Crippen LogP contribution in [-0.2, 0) is 0 Å². The summed E-state index contributed by atoms with van der Waals surface area (Å²) in [4.78, 5) is 12.5. The van der Waals surface area contributed by atoms with E-state index in [1.165, 1.54) is 17.8 Å². The predicted octanol–water partition coefficient (Wildman–Crippen LogP) is 3.12. The number of aromatic nitrogens is 2. The van der Waals surface area contributed by atoms with E-state index in [2.05, 4.69) is 51.1 Å². The Labute approximate surface area is 134 Å². The van der Waals surface area contributed by atoms with Gasteiger partial charge in [0.25, 0.3) is 0 Å². The van der Waals surface area contributed by atoms with Gasteiger partial charge in [-0.15, -0.1) is 0 Å². The lowest BCUT2D eigenvalue weighted by Crippen LogP contribution is -2.44. The molecular formula is C18H19FN4. The van der Waals surface area contributed by atoms with Crippen LogP contribution in [0.3, 0.4) is 0 Å². The van der Waals surface area contributed by atoms with Crippen LogP contribution < -0.4 is 4.90 Å². The lowest BCUT2D eigenvalue weighted by Gasteiger charge is -2.34. The number of fused-ring (bicyclic) bond motifs is 1. The third-order valence-corrected chi connectivity index (χ3v) is 4.45. The van der Waals surface area contributed by atoms with Gasteiger partial charge in [0.05, 0.1) is 11.0 Å². The summed E-state index contributed by atoms with van der Waals surface area (Å²) in [7, 11) is 2.16. The monoisotopic (exact) mass is 310 g/mol. The van der Waals surface area contributed by atoms with E-state index in [-0.39, 0.29) is 5.82 Å². The first-order valence-corrected chi connectivity index (χ1v) is 7.88. The Balaban J connectivity index is 1.59. The zero-order chi connectivity index (χ0) is 15.8. The van der Waals surface area contributed by atoms with Gasteiger partial charge in [-0.25, -0.2) is 9.37 Å². The number of halogens is 1. The topological polar surface area (TPSA) is 35.2 Å². The van der Waals surface area contributed by atoms with E-state index >= 15 is 0 Å². The van der Waals surface area contributed by atoms with Gasteiger partial charge in [0, 0.05) is 37.4 Å². The normalized spacial score (nSPS) is 16.2. The molecule has 1 saturated heterocycles. The van der Waals surface area contributed by atoms with E-state index in [0.717, 1.165) is 48.6 Å². The summed E-state index contributed by atoms with van der Waals surface area (Å²) in [6, 6.07) is 13.0. The highest BCUT2D eigenvalue weighted by atomic mass is 19.1. The molecule has 0 aliphatic carbocycles. The molecule has 0 atom stereocenters. The lowest BCUT2D eigenvalue weighted by molar-refractivity contribution is 0.313. The first-order valence-electron chi connectivity index (χ1n) is 7.88. The van der Waals surface area contributed by atoms with E-state index in [9.17, 15) is 4.39 Å². The van der Waals surface area contributed by atoms with Gasteiger partial charge in [-0.05, 0) is 49.5 Å². The van der Waals surface area contributed by atoms with Crippen molar-refractivity contribution < 1.29 is 4.39 Å². The number of benzene rings is 2. The molecule has 0 amide bonds. The molecule has 0 saturated carbocycles. The second-order valence-electron chi connectivity index (χ2n) is 6.08. The summed E-state index contributed by atoms with van der Waals surface area (Å²) in [5.74, 6) is 0.522. The van der Waals surface area contributed by atoms with Gasteiger partial charge in [0.2, 0.25) is 0 Å². The Kier molecular flexibility index (Phi) is 3.50. The van der Waals surface area contributed by atoms with Crippen molar-refractivity contribution in [3.63, 3.8) is 0 Å². The molecule has 5 heteroatoms. The van der Waals surface area contributed by atoms with Crippen molar-refractivity contribution in [2.45, 2.75) is 0 Å². The average molecular weight is 310 g/mol. The molecule has 0 spiro atoms. The van der Waals surface area contributed by atoms with Gasteiger partial charge >= 0.3 is 0 Å². The SMILES string of the molecule is CN1CCN(c2ccc(-c3nc4ccc(F)cc4[nH]3)cc2)CC1. The first kappa shape index (κ1) is 14.2. The van der Waals surface area contributed by atoms with Crippen molar-refractivity contribution in [3.8, 4) is 11.4 Å². The maximum Gasteiger partial charge on any atom is 0.138 e. The van der Waals surface area contributed by atoms with Crippen molar-refractivity contribution in [3.05, 3.63) is 48.3 Å². The Hall–Kier alpha value is -2.40. The molecule has 23 heavy (non-hydrogen) atoms. The minimum atomic E-state index is -0.252. The van der Waals surface area contributed by atoms with Gasteiger partial charge in [-0.3, -0.25) is 0 Å². The second-order valence-corrected chi connectivity index (χ2v) is 6.08. The quantitative estimate of drug-likeness (QED) is 0.790.